The third-order valence-corrected chi connectivity index (χ3v) is 3.11. The maximum Gasteiger partial charge on any atom is 0.224 e. The third-order valence-electron chi connectivity index (χ3n) is 3.11. The Balaban J connectivity index is 1.85. The Morgan fingerprint density at radius 2 is 1.90 bits per heavy atom. The van der Waals surface area contributed by atoms with Crippen molar-refractivity contribution in [3.63, 3.8) is 0 Å². The fourth-order valence-electron chi connectivity index (χ4n) is 1.89. The van der Waals surface area contributed by atoms with E-state index >= 15 is 0 Å². The minimum Gasteiger partial charge on any atom is -0.399 e. The number of hydrogen-bond acceptors (Lipinski definition) is 4. The molecule has 1 aromatic heterocycles. The highest BCUT2D eigenvalue weighted by Crippen LogP contribution is 2.13. The Morgan fingerprint density at radius 1 is 1.19 bits per heavy atom. The van der Waals surface area contributed by atoms with Gasteiger partial charge in [0.25, 0.3) is 0 Å². The molecule has 0 aliphatic carbocycles. The van der Waals surface area contributed by atoms with E-state index in [1.165, 1.54) is 0 Å². The van der Waals surface area contributed by atoms with E-state index in [9.17, 15) is 4.79 Å². The SMILES string of the molecule is CN(C)c1ccc(NC(=O)CCc2ccc(N)cc2)cn1. The number of carbonyl (C=O) groups excluding carboxylic acids is 1. The number of benzene rings is 1. The van der Waals surface area contributed by atoms with Gasteiger partial charge in [0, 0.05) is 26.2 Å². The lowest BCUT2D eigenvalue weighted by molar-refractivity contribution is -0.116. The number of nitrogens with one attached hydrogen (secondary N) is 1. The molecular formula is C16H20N4O. The van der Waals surface area contributed by atoms with E-state index in [2.05, 4.69) is 10.3 Å². The molecule has 1 heterocycles. The van der Waals surface area contributed by atoms with Gasteiger partial charge in [0.1, 0.15) is 5.82 Å². The topological polar surface area (TPSA) is 71.2 Å². The van der Waals surface area contributed by atoms with Gasteiger partial charge < -0.3 is 16.0 Å². The number of amides is 1. The predicted octanol–water partition coefficient (Wildman–Crippen LogP) is 2.30. The first-order valence-electron chi connectivity index (χ1n) is 6.82. The van der Waals surface area contributed by atoms with Gasteiger partial charge >= 0.3 is 0 Å². The van der Waals surface area contributed by atoms with Gasteiger partial charge in [-0.05, 0) is 36.2 Å². The lowest BCUT2D eigenvalue weighted by Gasteiger charge is -2.11. The molecule has 3 N–H and O–H groups in total. The summed E-state index contributed by atoms with van der Waals surface area (Å²) in [6, 6.07) is 11.3. The maximum absolute atomic E-state index is 11.9. The number of aromatic nitrogens is 1. The van der Waals surface area contributed by atoms with Gasteiger partial charge in [0.05, 0.1) is 11.9 Å². The lowest BCUT2D eigenvalue weighted by Crippen LogP contribution is -2.14. The molecule has 0 radical (unpaired) electrons. The molecule has 0 spiro atoms. The van der Waals surface area contributed by atoms with Crippen LogP contribution < -0.4 is 16.0 Å². The van der Waals surface area contributed by atoms with Crippen molar-refractivity contribution in [1.82, 2.24) is 4.98 Å². The zero-order valence-electron chi connectivity index (χ0n) is 12.3. The maximum atomic E-state index is 11.9. The molecule has 5 heteroatoms. The van der Waals surface area contributed by atoms with Crippen molar-refractivity contribution in [3.05, 3.63) is 48.2 Å². The van der Waals surface area contributed by atoms with Crippen molar-refractivity contribution in [1.29, 1.82) is 0 Å². The van der Waals surface area contributed by atoms with E-state index in [0.717, 1.165) is 17.1 Å². The van der Waals surface area contributed by atoms with E-state index in [1.54, 1.807) is 6.20 Å². The summed E-state index contributed by atoms with van der Waals surface area (Å²) in [5.74, 6) is 0.834. The summed E-state index contributed by atoms with van der Waals surface area (Å²) < 4.78 is 0. The largest absolute Gasteiger partial charge is 0.399 e. The molecule has 5 nitrogen and oxygen atoms in total. The summed E-state index contributed by atoms with van der Waals surface area (Å²) in [6.45, 7) is 0. The molecule has 0 fully saturated rings. The van der Waals surface area contributed by atoms with Gasteiger partial charge in [-0.25, -0.2) is 4.98 Å². The second-order valence-corrected chi connectivity index (χ2v) is 5.09. The number of nitrogens with two attached hydrogens (primary N) is 1. The van der Waals surface area contributed by atoms with Gasteiger partial charge in [-0.2, -0.15) is 0 Å². The van der Waals surface area contributed by atoms with Crippen molar-refractivity contribution in [3.8, 4) is 0 Å². The second-order valence-electron chi connectivity index (χ2n) is 5.09. The molecule has 1 amide bonds. The molecule has 2 rings (SSSR count). The molecule has 0 saturated carbocycles. The average molecular weight is 284 g/mol. The van der Waals surface area contributed by atoms with E-state index in [0.29, 0.717) is 18.5 Å². The van der Waals surface area contributed by atoms with Crippen LogP contribution in [-0.2, 0) is 11.2 Å². The summed E-state index contributed by atoms with van der Waals surface area (Å²) in [5.41, 5.74) is 8.17. The number of aryl methyl sites for hydroxylation is 1. The first-order chi connectivity index (χ1) is 10.0. The molecule has 110 valence electrons. The number of rotatable bonds is 5. The summed E-state index contributed by atoms with van der Waals surface area (Å²) in [6.07, 6.45) is 2.78. The minimum absolute atomic E-state index is 0.0220. The quantitative estimate of drug-likeness (QED) is 0.826. The van der Waals surface area contributed by atoms with Crippen molar-refractivity contribution in [2.75, 3.05) is 30.0 Å². The Morgan fingerprint density at radius 3 is 2.48 bits per heavy atom. The van der Waals surface area contributed by atoms with Crippen LogP contribution in [0.25, 0.3) is 0 Å². The van der Waals surface area contributed by atoms with Crippen molar-refractivity contribution < 1.29 is 4.79 Å². The Kier molecular flexibility index (Phi) is 4.77. The zero-order valence-corrected chi connectivity index (χ0v) is 12.3. The van der Waals surface area contributed by atoms with Crippen molar-refractivity contribution >= 4 is 23.1 Å². The van der Waals surface area contributed by atoms with Crippen LogP contribution in [0.2, 0.25) is 0 Å². The summed E-state index contributed by atoms with van der Waals surface area (Å²) in [5, 5.41) is 2.85. The molecular weight excluding hydrogens is 264 g/mol. The zero-order chi connectivity index (χ0) is 15.2. The molecule has 0 aliphatic rings. The predicted molar refractivity (Wildman–Crippen MR) is 86.4 cm³/mol. The summed E-state index contributed by atoms with van der Waals surface area (Å²) in [7, 11) is 3.85. The van der Waals surface area contributed by atoms with Gasteiger partial charge in [0.2, 0.25) is 5.91 Å². The monoisotopic (exact) mass is 284 g/mol. The van der Waals surface area contributed by atoms with Crippen LogP contribution in [0.4, 0.5) is 17.2 Å². The summed E-state index contributed by atoms with van der Waals surface area (Å²) in [4.78, 5) is 18.1. The van der Waals surface area contributed by atoms with E-state index in [1.807, 2.05) is 55.4 Å². The van der Waals surface area contributed by atoms with Crippen LogP contribution in [-0.4, -0.2) is 25.0 Å². The Labute approximate surface area is 124 Å². The molecule has 1 aromatic carbocycles. The van der Waals surface area contributed by atoms with Crippen LogP contribution >= 0.6 is 0 Å². The second kappa shape index (κ2) is 6.74. The normalized spacial score (nSPS) is 10.2. The van der Waals surface area contributed by atoms with Gasteiger partial charge in [-0.3, -0.25) is 4.79 Å². The number of carbonyl (C=O) groups is 1. The first kappa shape index (κ1) is 14.8. The van der Waals surface area contributed by atoms with Crippen LogP contribution in [0.1, 0.15) is 12.0 Å². The molecule has 21 heavy (non-hydrogen) atoms. The highest BCUT2D eigenvalue weighted by molar-refractivity contribution is 5.90. The highest BCUT2D eigenvalue weighted by atomic mass is 16.1. The molecule has 0 saturated heterocycles. The molecule has 0 atom stereocenters. The molecule has 0 unspecified atom stereocenters. The van der Waals surface area contributed by atoms with E-state index in [4.69, 9.17) is 5.73 Å². The Hall–Kier alpha value is -2.56. The molecule has 2 aromatic rings. The first-order valence-corrected chi connectivity index (χ1v) is 6.82. The number of anilines is 3. The van der Waals surface area contributed by atoms with Gasteiger partial charge in [0.15, 0.2) is 0 Å². The fraction of sp³-hybridized carbons (Fsp3) is 0.250. The number of pyridine rings is 1. The van der Waals surface area contributed by atoms with E-state index in [-0.39, 0.29) is 5.91 Å². The van der Waals surface area contributed by atoms with Crippen LogP contribution in [0.3, 0.4) is 0 Å². The van der Waals surface area contributed by atoms with Crippen molar-refractivity contribution in [2.45, 2.75) is 12.8 Å². The van der Waals surface area contributed by atoms with Crippen molar-refractivity contribution in [2.24, 2.45) is 0 Å². The lowest BCUT2D eigenvalue weighted by atomic mass is 10.1. The molecule has 0 bridgehead atoms. The highest BCUT2D eigenvalue weighted by Gasteiger charge is 2.04. The fourth-order valence-corrected chi connectivity index (χ4v) is 1.89. The number of nitrogens with zero attached hydrogens (tertiary/aromatic N) is 2. The molecule has 0 aliphatic heterocycles. The van der Waals surface area contributed by atoms with Crippen LogP contribution in [0.15, 0.2) is 42.6 Å². The third kappa shape index (κ3) is 4.49. The Bertz CT molecular complexity index is 591. The van der Waals surface area contributed by atoms with Crippen LogP contribution in [0.5, 0.6) is 0 Å². The number of nitrogen functional groups attached to an aromatic ring is 1. The minimum atomic E-state index is -0.0220. The average Bonchev–Trinajstić information content (AvgIpc) is 2.47. The standard InChI is InChI=1S/C16H20N4O/c1-20(2)15-9-8-14(11-18-15)19-16(21)10-5-12-3-6-13(17)7-4-12/h3-4,6-9,11H,5,10,17H2,1-2H3,(H,19,21). The summed E-state index contributed by atoms with van der Waals surface area (Å²) >= 11 is 0. The van der Waals surface area contributed by atoms with Gasteiger partial charge in [-0.1, -0.05) is 12.1 Å². The smallest absolute Gasteiger partial charge is 0.224 e. The van der Waals surface area contributed by atoms with E-state index < -0.39 is 0 Å². The number of hydrogen-bond donors (Lipinski definition) is 2. The van der Waals surface area contributed by atoms with Crippen LogP contribution in [0, 0.1) is 0 Å². The van der Waals surface area contributed by atoms with Gasteiger partial charge in [-0.15, -0.1) is 0 Å².